The van der Waals surface area contributed by atoms with Crippen LogP contribution in [0.5, 0.6) is 11.5 Å². The van der Waals surface area contributed by atoms with Gasteiger partial charge in [0.05, 0.1) is 11.3 Å². The molecule has 34 heavy (non-hydrogen) atoms. The minimum atomic E-state index is -3.44. The van der Waals surface area contributed by atoms with E-state index in [-0.39, 0.29) is 18.2 Å². The van der Waals surface area contributed by atoms with Crippen LogP contribution < -0.4 is 19.5 Å². The summed E-state index contributed by atoms with van der Waals surface area (Å²) >= 11 is 0. The SMILES string of the molecule is C=CCNS(=O)(=O)Cc1ccc(NC(=O)c2cc(C)n(-c3ccc4c(c3)OCCO4)c2C)cc1. The standard InChI is InChI=1S/C25H27N3O5S/c1-4-11-26-34(30,31)16-19-5-7-20(8-6-19)27-25(29)22-14-17(2)28(18(22)3)21-9-10-23-24(15-21)33-13-12-32-23/h4-10,14-15,26H,1,11-13,16H2,2-3H3,(H,27,29). The molecule has 9 heteroatoms. The van der Waals surface area contributed by atoms with Crippen LogP contribution in [0.15, 0.2) is 61.2 Å². The third-order valence-corrected chi connectivity index (χ3v) is 6.80. The summed E-state index contributed by atoms with van der Waals surface area (Å²) in [5, 5.41) is 2.89. The van der Waals surface area contributed by atoms with Crippen molar-refractivity contribution < 1.29 is 22.7 Å². The average molecular weight is 482 g/mol. The third-order valence-electron chi connectivity index (χ3n) is 5.48. The van der Waals surface area contributed by atoms with Gasteiger partial charge in [-0.1, -0.05) is 18.2 Å². The van der Waals surface area contributed by atoms with Gasteiger partial charge < -0.3 is 19.4 Å². The summed E-state index contributed by atoms with van der Waals surface area (Å²) in [6.07, 6.45) is 1.49. The predicted octanol–water partition coefficient (Wildman–Crippen LogP) is 3.72. The first kappa shape index (κ1) is 23.6. The molecule has 8 nitrogen and oxygen atoms in total. The molecular formula is C25H27N3O5S. The number of ether oxygens (including phenoxy) is 2. The zero-order valence-corrected chi connectivity index (χ0v) is 19.9. The van der Waals surface area contributed by atoms with Gasteiger partial charge in [0.1, 0.15) is 13.2 Å². The molecule has 1 aliphatic rings. The number of fused-ring (bicyclic) bond motifs is 1. The number of nitrogens with one attached hydrogen (secondary N) is 2. The Morgan fingerprint density at radius 1 is 1.06 bits per heavy atom. The van der Waals surface area contributed by atoms with Crippen LogP contribution in [0, 0.1) is 13.8 Å². The van der Waals surface area contributed by atoms with Gasteiger partial charge in [-0.2, -0.15) is 0 Å². The largest absolute Gasteiger partial charge is 0.486 e. The summed E-state index contributed by atoms with van der Waals surface area (Å²) in [7, 11) is -3.44. The first-order valence-electron chi connectivity index (χ1n) is 10.8. The number of hydrogen-bond acceptors (Lipinski definition) is 5. The summed E-state index contributed by atoms with van der Waals surface area (Å²) in [5.41, 5.74) is 4.33. The van der Waals surface area contributed by atoms with Crippen LogP contribution in [0.4, 0.5) is 5.69 Å². The molecule has 1 amide bonds. The second-order valence-corrected chi connectivity index (χ2v) is 9.80. The Balaban J connectivity index is 1.49. The number of nitrogens with zero attached hydrogens (tertiary/aromatic N) is 1. The molecule has 0 radical (unpaired) electrons. The zero-order valence-electron chi connectivity index (χ0n) is 19.1. The third kappa shape index (κ3) is 5.16. The van der Waals surface area contributed by atoms with Gasteiger partial charge in [-0.25, -0.2) is 13.1 Å². The Morgan fingerprint density at radius 3 is 2.47 bits per heavy atom. The molecule has 0 aliphatic carbocycles. The van der Waals surface area contributed by atoms with E-state index >= 15 is 0 Å². The molecule has 0 fully saturated rings. The van der Waals surface area contributed by atoms with Crippen LogP contribution in [0.25, 0.3) is 5.69 Å². The van der Waals surface area contributed by atoms with Gasteiger partial charge in [0, 0.05) is 35.4 Å². The molecule has 4 rings (SSSR count). The maximum atomic E-state index is 13.0. The fourth-order valence-electron chi connectivity index (χ4n) is 3.90. The smallest absolute Gasteiger partial charge is 0.257 e. The number of amides is 1. The van der Waals surface area contributed by atoms with E-state index in [1.165, 1.54) is 6.08 Å². The zero-order chi connectivity index (χ0) is 24.3. The Bertz CT molecular complexity index is 1330. The molecule has 2 heterocycles. The number of rotatable bonds is 8. The van der Waals surface area contributed by atoms with Gasteiger partial charge in [-0.05, 0) is 49.7 Å². The van der Waals surface area contributed by atoms with Crippen molar-refractivity contribution in [3.63, 3.8) is 0 Å². The van der Waals surface area contributed by atoms with Gasteiger partial charge in [0.2, 0.25) is 10.0 Å². The molecule has 1 aliphatic heterocycles. The molecule has 2 N–H and O–H groups in total. The summed E-state index contributed by atoms with van der Waals surface area (Å²) < 4.78 is 39.8. The summed E-state index contributed by atoms with van der Waals surface area (Å²) in [6.45, 7) is 8.55. The van der Waals surface area contributed by atoms with E-state index in [0.29, 0.717) is 41.5 Å². The molecule has 0 spiro atoms. The highest BCUT2D eigenvalue weighted by atomic mass is 32.2. The minimum absolute atomic E-state index is 0.147. The van der Waals surface area contributed by atoms with E-state index in [1.54, 1.807) is 24.3 Å². The number of benzene rings is 2. The maximum absolute atomic E-state index is 13.0. The molecule has 0 bridgehead atoms. The van der Waals surface area contributed by atoms with E-state index in [1.807, 2.05) is 42.7 Å². The highest BCUT2D eigenvalue weighted by Gasteiger charge is 2.19. The van der Waals surface area contributed by atoms with Gasteiger partial charge in [-0.3, -0.25) is 4.79 Å². The lowest BCUT2D eigenvalue weighted by Crippen LogP contribution is -2.25. The molecule has 2 aromatic carbocycles. The van der Waals surface area contributed by atoms with Crippen molar-refractivity contribution in [2.24, 2.45) is 0 Å². The number of carbonyl (C=O) groups is 1. The number of carbonyl (C=O) groups excluding carboxylic acids is 1. The van der Waals surface area contributed by atoms with Gasteiger partial charge >= 0.3 is 0 Å². The maximum Gasteiger partial charge on any atom is 0.257 e. The molecule has 0 saturated carbocycles. The van der Waals surface area contributed by atoms with Crippen molar-refractivity contribution in [1.29, 1.82) is 0 Å². The van der Waals surface area contributed by atoms with Crippen LogP contribution in [-0.4, -0.2) is 38.7 Å². The van der Waals surface area contributed by atoms with Gasteiger partial charge in [-0.15, -0.1) is 6.58 Å². The first-order chi connectivity index (χ1) is 16.3. The van der Waals surface area contributed by atoms with Gasteiger partial charge in [0.25, 0.3) is 5.91 Å². The summed E-state index contributed by atoms with van der Waals surface area (Å²) in [6, 6.07) is 14.3. The lowest BCUT2D eigenvalue weighted by Gasteiger charge is -2.20. The van der Waals surface area contributed by atoms with Crippen LogP contribution in [0.2, 0.25) is 0 Å². The van der Waals surface area contributed by atoms with Crippen LogP contribution in [0.1, 0.15) is 27.3 Å². The van der Waals surface area contributed by atoms with Crippen molar-refractivity contribution in [2.75, 3.05) is 25.1 Å². The first-order valence-corrected chi connectivity index (χ1v) is 12.5. The fourth-order valence-corrected chi connectivity index (χ4v) is 5.01. The fraction of sp³-hybridized carbons (Fsp3) is 0.240. The molecule has 1 aromatic heterocycles. The molecule has 0 atom stereocenters. The Labute approximate surface area is 199 Å². The molecule has 0 saturated heterocycles. The van der Waals surface area contributed by atoms with Crippen molar-refractivity contribution in [1.82, 2.24) is 9.29 Å². The van der Waals surface area contributed by atoms with Crippen molar-refractivity contribution in [2.45, 2.75) is 19.6 Å². The van der Waals surface area contributed by atoms with E-state index in [9.17, 15) is 13.2 Å². The average Bonchev–Trinajstić information content (AvgIpc) is 3.12. The molecule has 178 valence electrons. The highest BCUT2D eigenvalue weighted by molar-refractivity contribution is 7.88. The lowest BCUT2D eigenvalue weighted by molar-refractivity contribution is 0.102. The Morgan fingerprint density at radius 2 is 1.76 bits per heavy atom. The molecule has 0 unspecified atom stereocenters. The van der Waals surface area contributed by atoms with E-state index in [2.05, 4.69) is 16.6 Å². The molecule has 3 aromatic rings. The molecular weight excluding hydrogens is 454 g/mol. The van der Waals surface area contributed by atoms with Crippen molar-refractivity contribution in [3.8, 4) is 17.2 Å². The number of sulfonamides is 1. The van der Waals surface area contributed by atoms with E-state index in [4.69, 9.17) is 9.47 Å². The number of hydrogen-bond donors (Lipinski definition) is 2. The van der Waals surface area contributed by atoms with E-state index < -0.39 is 10.0 Å². The van der Waals surface area contributed by atoms with Crippen LogP contribution in [-0.2, 0) is 15.8 Å². The lowest BCUT2D eigenvalue weighted by atomic mass is 10.2. The normalized spacial score (nSPS) is 12.9. The van der Waals surface area contributed by atoms with E-state index in [0.717, 1.165) is 17.1 Å². The van der Waals surface area contributed by atoms with Crippen molar-refractivity contribution in [3.05, 3.63) is 83.7 Å². The van der Waals surface area contributed by atoms with Crippen LogP contribution in [0.3, 0.4) is 0 Å². The second kappa shape index (κ2) is 9.74. The number of aromatic nitrogens is 1. The number of aryl methyl sites for hydroxylation is 1. The predicted molar refractivity (Wildman–Crippen MR) is 131 cm³/mol. The summed E-state index contributed by atoms with van der Waals surface area (Å²) in [5.74, 6) is 1.00. The quantitative estimate of drug-likeness (QED) is 0.478. The highest BCUT2D eigenvalue weighted by Crippen LogP contribution is 2.33. The van der Waals surface area contributed by atoms with Gasteiger partial charge in [0.15, 0.2) is 11.5 Å². The number of anilines is 1. The second-order valence-electron chi connectivity index (χ2n) is 8.00. The van der Waals surface area contributed by atoms with Crippen LogP contribution >= 0.6 is 0 Å². The minimum Gasteiger partial charge on any atom is -0.486 e. The Hall–Kier alpha value is -3.56. The van der Waals surface area contributed by atoms with Crippen molar-refractivity contribution >= 4 is 21.6 Å². The summed E-state index contributed by atoms with van der Waals surface area (Å²) in [4.78, 5) is 13.0. The Kier molecular flexibility index (Phi) is 6.76. The topological polar surface area (TPSA) is 98.7 Å². The monoisotopic (exact) mass is 481 g/mol.